The van der Waals surface area contributed by atoms with E-state index in [1.165, 1.54) is 16.7 Å². The lowest BCUT2D eigenvalue weighted by Crippen LogP contribution is -2.50. The molecular weight excluding hydrogens is 258 g/mol. The zero-order valence-corrected chi connectivity index (χ0v) is 12.8. The van der Waals surface area contributed by atoms with Crippen LogP contribution in [0.25, 0.3) is 0 Å². The van der Waals surface area contributed by atoms with Gasteiger partial charge in [-0.05, 0) is 30.5 Å². The van der Waals surface area contributed by atoms with Crippen molar-refractivity contribution in [2.75, 3.05) is 13.1 Å². The topological polar surface area (TPSA) is 28.2 Å². The SMILES string of the molecule is Cc1cncc(CN2CC(c3ccccc3)NCC2C)c1. The molecule has 3 nitrogen and oxygen atoms in total. The zero-order chi connectivity index (χ0) is 14.7. The number of aryl methyl sites for hydroxylation is 1. The Balaban J connectivity index is 1.72. The van der Waals surface area contributed by atoms with Gasteiger partial charge in [-0.15, -0.1) is 0 Å². The number of pyridine rings is 1. The minimum atomic E-state index is 0.417. The zero-order valence-electron chi connectivity index (χ0n) is 12.8. The summed E-state index contributed by atoms with van der Waals surface area (Å²) in [5.41, 5.74) is 3.90. The highest BCUT2D eigenvalue weighted by Gasteiger charge is 2.25. The van der Waals surface area contributed by atoms with Crippen LogP contribution in [-0.2, 0) is 6.54 Å². The summed E-state index contributed by atoms with van der Waals surface area (Å²) >= 11 is 0. The van der Waals surface area contributed by atoms with E-state index in [-0.39, 0.29) is 0 Å². The second-order valence-electron chi connectivity index (χ2n) is 6.02. The molecule has 1 aromatic heterocycles. The van der Waals surface area contributed by atoms with Crippen LogP contribution in [-0.4, -0.2) is 29.0 Å². The first-order valence-corrected chi connectivity index (χ1v) is 7.65. The Kier molecular flexibility index (Phi) is 4.32. The van der Waals surface area contributed by atoms with Crippen molar-refractivity contribution in [2.45, 2.75) is 32.5 Å². The second-order valence-corrected chi connectivity index (χ2v) is 6.02. The summed E-state index contributed by atoms with van der Waals surface area (Å²) < 4.78 is 0. The van der Waals surface area contributed by atoms with Crippen molar-refractivity contribution in [3.05, 3.63) is 65.5 Å². The fraction of sp³-hybridized carbons (Fsp3) is 0.389. The lowest BCUT2D eigenvalue weighted by Gasteiger charge is -2.39. The van der Waals surface area contributed by atoms with E-state index in [1.54, 1.807) is 0 Å². The molecule has 0 bridgehead atoms. The number of piperazine rings is 1. The molecule has 0 saturated carbocycles. The van der Waals surface area contributed by atoms with Gasteiger partial charge in [0.15, 0.2) is 0 Å². The summed E-state index contributed by atoms with van der Waals surface area (Å²) in [7, 11) is 0. The van der Waals surface area contributed by atoms with Crippen LogP contribution in [0.5, 0.6) is 0 Å². The first kappa shape index (κ1) is 14.2. The van der Waals surface area contributed by atoms with Gasteiger partial charge in [0.25, 0.3) is 0 Å². The molecule has 1 saturated heterocycles. The number of aromatic nitrogens is 1. The standard InChI is InChI=1S/C18H23N3/c1-14-8-16(11-19-9-14)12-21-13-18(20-10-15(21)2)17-6-4-3-5-7-17/h3-9,11,15,18,20H,10,12-13H2,1-2H3. The third-order valence-corrected chi connectivity index (χ3v) is 4.22. The second kappa shape index (κ2) is 6.37. The molecule has 1 aliphatic rings. The summed E-state index contributed by atoms with van der Waals surface area (Å²) in [6.07, 6.45) is 3.90. The summed E-state index contributed by atoms with van der Waals surface area (Å²) in [4.78, 5) is 6.86. The third-order valence-electron chi connectivity index (χ3n) is 4.22. The van der Waals surface area contributed by atoms with Gasteiger partial charge >= 0.3 is 0 Å². The molecule has 1 aromatic carbocycles. The molecule has 21 heavy (non-hydrogen) atoms. The van der Waals surface area contributed by atoms with Gasteiger partial charge in [-0.2, -0.15) is 0 Å². The highest BCUT2D eigenvalue weighted by atomic mass is 15.2. The lowest BCUT2D eigenvalue weighted by molar-refractivity contribution is 0.133. The molecule has 2 heterocycles. The molecule has 3 heteroatoms. The van der Waals surface area contributed by atoms with E-state index in [1.807, 2.05) is 12.4 Å². The summed E-state index contributed by atoms with van der Waals surface area (Å²) in [6, 6.07) is 13.9. The molecule has 2 unspecified atom stereocenters. The third kappa shape index (κ3) is 3.49. The van der Waals surface area contributed by atoms with Crippen molar-refractivity contribution in [2.24, 2.45) is 0 Å². The highest BCUT2D eigenvalue weighted by molar-refractivity contribution is 5.21. The van der Waals surface area contributed by atoms with Gasteiger partial charge in [0, 0.05) is 44.1 Å². The Morgan fingerprint density at radius 1 is 1.24 bits per heavy atom. The normalized spacial score (nSPS) is 23.1. The number of nitrogens with one attached hydrogen (secondary N) is 1. The van der Waals surface area contributed by atoms with Crippen LogP contribution in [0.1, 0.15) is 29.7 Å². The van der Waals surface area contributed by atoms with Crippen LogP contribution in [0, 0.1) is 6.92 Å². The van der Waals surface area contributed by atoms with Crippen LogP contribution < -0.4 is 5.32 Å². The molecule has 1 N–H and O–H groups in total. The molecule has 0 radical (unpaired) electrons. The maximum Gasteiger partial charge on any atom is 0.0450 e. The summed E-state index contributed by atoms with van der Waals surface area (Å²) in [6.45, 7) is 7.43. The Morgan fingerprint density at radius 3 is 2.81 bits per heavy atom. The van der Waals surface area contributed by atoms with Crippen LogP contribution in [0.4, 0.5) is 0 Å². The Hall–Kier alpha value is -1.71. The van der Waals surface area contributed by atoms with Crippen molar-refractivity contribution in [1.82, 2.24) is 15.2 Å². The van der Waals surface area contributed by atoms with Gasteiger partial charge < -0.3 is 5.32 Å². The summed E-state index contributed by atoms with van der Waals surface area (Å²) in [5, 5.41) is 3.65. The van der Waals surface area contributed by atoms with Crippen molar-refractivity contribution in [3.63, 3.8) is 0 Å². The van der Waals surface area contributed by atoms with E-state index < -0.39 is 0 Å². The van der Waals surface area contributed by atoms with Gasteiger partial charge in [0.1, 0.15) is 0 Å². The fourth-order valence-electron chi connectivity index (χ4n) is 2.99. The van der Waals surface area contributed by atoms with Crippen molar-refractivity contribution >= 4 is 0 Å². The smallest absolute Gasteiger partial charge is 0.0450 e. The maximum absolute atomic E-state index is 4.31. The van der Waals surface area contributed by atoms with Crippen molar-refractivity contribution in [1.29, 1.82) is 0 Å². The summed E-state index contributed by atoms with van der Waals surface area (Å²) in [5.74, 6) is 0. The molecule has 110 valence electrons. The Labute approximate surface area is 127 Å². The average Bonchev–Trinajstić information content (AvgIpc) is 2.50. The average molecular weight is 281 g/mol. The highest BCUT2D eigenvalue weighted by Crippen LogP contribution is 2.21. The van der Waals surface area contributed by atoms with Gasteiger partial charge in [-0.1, -0.05) is 36.4 Å². The quantitative estimate of drug-likeness (QED) is 0.937. The lowest BCUT2D eigenvalue weighted by atomic mass is 10.0. The minimum Gasteiger partial charge on any atom is -0.307 e. The van der Waals surface area contributed by atoms with Crippen LogP contribution in [0.3, 0.4) is 0 Å². The number of hydrogen-bond donors (Lipinski definition) is 1. The fourth-order valence-corrected chi connectivity index (χ4v) is 2.99. The van der Waals surface area contributed by atoms with Crippen LogP contribution in [0.2, 0.25) is 0 Å². The predicted molar refractivity (Wildman–Crippen MR) is 86.0 cm³/mol. The van der Waals surface area contributed by atoms with E-state index in [4.69, 9.17) is 0 Å². The molecule has 0 spiro atoms. The van der Waals surface area contributed by atoms with Crippen molar-refractivity contribution in [3.8, 4) is 0 Å². The van der Waals surface area contributed by atoms with Gasteiger partial charge in [-0.3, -0.25) is 9.88 Å². The largest absolute Gasteiger partial charge is 0.307 e. The number of rotatable bonds is 3. The monoisotopic (exact) mass is 281 g/mol. The van der Waals surface area contributed by atoms with E-state index in [2.05, 4.69) is 65.4 Å². The van der Waals surface area contributed by atoms with Crippen LogP contribution in [0.15, 0.2) is 48.8 Å². The van der Waals surface area contributed by atoms with E-state index in [9.17, 15) is 0 Å². The molecule has 1 aliphatic heterocycles. The van der Waals surface area contributed by atoms with Gasteiger partial charge in [-0.25, -0.2) is 0 Å². The van der Waals surface area contributed by atoms with Crippen LogP contribution >= 0.6 is 0 Å². The molecule has 3 rings (SSSR count). The Bertz CT molecular complexity index is 582. The molecule has 0 aliphatic carbocycles. The van der Waals surface area contributed by atoms with E-state index in [0.717, 1.165) is 19.6 Å². The maximum atomic E-state index is 4.31. The first-order chi connectivity index (χ1) is 10.2. The molecule has 0 amide bonds. The molecule has 2 aromatic rings. The Morgan fingerprint density at radius 2 is 2.05 bits per heavy atom. The minimum absolute atomic E-state index is 0.417. The first-order valence-electron chi connectivity index (χ1n) is 7.65. The molecule has 1 fully saturated rings. The van der Waals surface area contributed by atoms with E-state index in [0.29, 0.717) is 12.1 Å². The molecule has 2 atom stereocenters. The van der Waals surface area contributed by atoms with Gasteiger partial charge in [0.2, 0.25) is 0 Å². The number of nitrogens with zero attached hydrogens (tertiary/aromatic N) is 2. The number of benzene rings is 1. The number of hydrogen-bond acceptors (Lipinski definition) is 3. The van der Waals surface area contributed by atoms with E-state index >= 15 is 0 Å². The van der Waals surface area contributed by atoms with Crippen molar-refractivity contribution < 1.29 is 0 Å². The molecular formula is C18H23N3. The predicted octanol–water partition coefficient (Wildman–Crippen LogP) is 2.93. The van der Waals surface area contributed by atoms with Gasteiger partial charge in [0.05, 0.1) is 0 Å².